The van der Waals surface area contributed by atoms with Crippen LogP contribution in [0.3, 0.4) is 0 Å². The van der Waals surface area contributed by atoms with Crippen molar-refractivity contribution < 1.29 is 33.2 Å². The van der Waals surface area contributed by atoms with Crippen LogP contribution in [0.5, 0.6) is 5.75 Å². The van der Waals surface area contributed by atoms with E-state index in [0.717, 1.165) is 50.1 Å². The molecule has 0 saturated carbocycles. The molecule has 4 unspecified atom stereocenters. The molecule has 52 heavy (non-hydrogen) atoms. The van der Waals surface area contributed by atoms with Crippen LogP contribution in [0.2, 0.25) is 6.32 Å². The lowest BCUT2D eigenvalue weighted by molar-refractivity contribution is -0.155. The maximum absolute atomic E-state index is 14.0. The number of pyridine rings is 1. The van der Waals surface area contributed by atoms with Gasteiger partial charge in [-0.2, -0.15) is 0 Å². The van der Waals surface area contributed by atoms with Crippen molar-refractivity contribution in [1.82, 2.24) is 25.7 Å². The van der Waals surface area contributed by atoms with Crippen molar-refractivity contribution >= 4 is 51.6 Å². The fourth-order valence-corrected chi connectivity index (χ4v) is 7.15. The van der Waals surface area contributed by atoms with Gasteiger partial charge in [0.15, 0.2) is 0 Å². The number of cyclic esters (lactones) is 1. The van der Waals surface area contributed by atoms with Crippen LogP contribution in [0, 0.1) is 5.41 Å². The number of carbonyl (C=O) groups excluding carboxylic acids is 4. The number of ether oxygens (including phenoxy) is 2. The highest BCUT2D eigenvalue weighted by Gasteiger charge is 2.35. The smallest absolute Gasteiger partial charge is 0.324 e. The summed E-state index contributed by atoms with van der Waals surface area (Å²) in [5.41, 5.74) is 9.78. The Bertz CT molecular complexity index is 1980. The van der Waals surface area contributed by atoms with Crippen LogP contribution < -0.4 is 15.3 Å². The molecule has 4 atom stereocenters. The molecule has 2 amide bonds. The van der Waals surface area contributed by atoms with Crippen LogP contribution in [0.25, 0.3) is 33.3 Å². The highest BCUT2D eigenvalue weighted by Crippen LogP contribution is 2.40. The molecule has 0 radical (unpaired) electrons. The first-order valence-corrected chi connectivity index (χ1v) is 18.1. The summed E-state index contributed by atoms with van der Waals surface area (Å²) in [5, 5.41) is 5.25. The maximum atomic E-state index is 14.0. The largest absolute Gasteiger partial charge is 0.480 e. The predicted octanol–water partition coefficient (Wildman–Crippen LogP) is 4.47. The molecular formula is C38H45BN5O7P. The lowest BCUT2D eigenvalue weighted by Crippen LogP contribution is -2.60. The van der Waals surface area contributed by atoms with E-state index in [0.29, 0.717) is 37.7 Å². The van der Waals surface area contributed by atoms with Gasteiger partial charge in [-0.25, -0.2) is 5.43 Å². The number of hydrogen-bond acceptors (Lipinski definition) is 9. The monoisotopic (exact) mass is 725 g/mol. The molecule has 1 fully saturated rings. The molecule has 14 heteroatoms. The first-order valence-electron chi connectivity index (χ1n) is 17.6. The van der Waals surface area contributed by atoms with Gasteiger partial charge in [0, 0.05) is 54.5 Å². The molecular weight excluding hydrogens is 680 g/mol. The van der Waals surface area contributed by atoms with Gasteiger partial charge in [-0.1, -0.05) is 26.0 Å². The van der Waals surface area contributed by atoms with E-state index in [2.05, 4.69) is 45.1 Å². The summed E-state index contributed by atoms with van der Waals surface area (Å²) in [7, 11) is 3.99. The van der Waals surface area contributed by atoms with Crippen molar-refractivity contribution in [3.63, 3.8) is 0 Å². The molecule has 1 saturated heterocycles. The summed E-state index contributed by atoms with van der Waals surface area (Å²) in [6.07, 6.45) is 3.92. The van der Waals surface area contributed by atoms with Gasteiger partial charge in [0.1, 0.15) is 17.8 Å². The van der Waals surface area contributed by atoms with Gasteiger partial charge in [-0.05, 0) is 84.8 Å². The highest BCUT2D eigenvalue weighted by molar-refractivity contribution is 7.10. The number of benzene rings is 2. The second-order valence-electron chi connectivity index (χ2n) is 14.3. The van der Waals surface area contributed by atoms with E-state index in [4.69, 9.17) is 19.0 Å². The number of amides is 2. The Balaban J connectivity index is 1.51. The molecule has 0 spiro atoms. The number of nitrogens with zero attached hydrogens (tertiary/aromatic N) is 2. The van der Waals surface area contributed by atoms with Crippen molar-refractivity contribution in [2.45, 2.75) is 71.0 Å². The summed E-state index contributed by atoms with van der Waals surface area (Å²) >= 11 is 0. The van der Waals surface area contributed by atoms with Crippen LogP contribution in [-0.4, -0.2) is 78.6 Å². The lowest BCUT2D eigenvalue weighted by Gasteiger charge is -2.35. The first-order chi connectivity index (χ1) is 25.0. The fourth-order valence-electron chi connectivity index (χ4n) is 7.01. The molecule has 2 aliphatic rings. The second kappa shape index (κ2) is 16.0. The quantitative estimate of drug-likeness (QED) is 0.104. The summed E-state index contributed by atoms with van der Waals surface area (Å²) in [6, 6.07) is 14.2. The number of carbonyl (C=O) groups is 4. The number of nitrogens with one attached hydrogen (secondary N) is 3. The topological polar surface area (TPSA) is 152 Å². The van der Waals surface area contributed by atoms with Gasteiger partial charge < -0.3 is 29.1 Å². The Morgan fingerprint density at radius 3 is 2.81 bits per heavy atom. The van der Waals surface area contributed by atoms with Crippen LogP contribution >= 0.6 is 9.47 Å². The third-order valence-electron chi connectivity index (χ3n) is 9.75. The lowest BCUT2D eigenvalue weighted by atomic mass is 9.77. The minimum absolute atomic E-state index is 0.0400. The Morgan fingerprint density at radius 1 is 1.21 bits per heavy atom. The summed E-state index contributed by atoms with van der Waals surface area (Å²) in [4.78, 5) is 59.8. The molecule has 12 nitrogen and oxygen atoms in total. The number of methoxy groups -OCH3 is 1. The van der Waals surface area contributed by atoms with E-state index in [1.807, 2.05) is 49.4 Å². The number of H-pyrrole nitrogens is 1. The SMILES string of the molecule is COC(C)c1ncccc1-c1[nH]c2ccc3cc2c1CC(C)(C)COC(=O)C1CCCN(N1)C(=O)C(NC(=O)CBC=O)Cc1cc(OP)cc-3c1. The zero-order valence-corrected chi connectivity index (χ0v) is 31.1. The molecule has 2 aromatic carbocycles. The van der Waals surface area contributed by atoms with Crippen molar-refractivity contribution in [3.05, 3.63) is 71.5 Å². The molecule has 3 N–H and O–H groups in total. The molecule has 2 aromatic heterocycles. The number of rotatable bonds is 8. The van der Waals surface area contributed by atoms with Gasteiger partial charge in [0.2, 0.25) is 13.2 Å². The van der Waals surface area contributed by atoms with E-state index in [9.17, 15) is 19.2 Å². The van der Waals surface area contributed by atoms with Gasteiger partial charge in [0.25, 0.3) is 5.91 Å². The third kappa shape index (κ3) is 8.22. The predicted molar refractivity (Wildman–Crippen MR) is 203 cm³/mol. The maximum Gasteiger partial charge on any atom is 0.324 e. The Kier molecular flexibility index (Phi) is 11.4. The normalized spacial score (nSPS) is 19.7. The van der Waals surface area contributed by atoms with Crippen molar-refractivity contribution in [2.75, 3.05) is 20.3 Å². The average molecular weight is 726 g/mol. The van der Waals surface area contributed by atoms with E-state index < -0.39 is 29.4 Å². The van der Waals surface area contributed by atoms with Crippen molar-refractivity contribution in [1.29, 1.82) is 0 Å². The van der Waals surface area contributed by atoms with Crippen LogP contribution in [0.15, 0.2) is 54.7 Å². The van der Waals surface area contributed by atoms with E-state index in [1.165, 1.54) is 5.01 Å². The molecule has 6 bridgehead atoms. The van der Waals surface area contributed by atoms with Crippen molar-refractivity contribution in [3.8, 4) is 28.1 Å². The first kappa shape index (κ1) is 37.2. The van der Waals surface area contributed by atoms with Gasteiger partial charge >= 0.3 is 5.97 Å². The third-order valence-corrected chi connectivity index (χ3v) is 10.0. The number of hydrogen-bond donors (Lipinski definition) is 3. The van der Waals surface area contributed by atoms with Crippen molar-refractivity contribution in [2.24, 2.45) is 5.41 Å². The standard InChI is InChI=1S/C38H45BN5O7P/c1-22(49-4)34-27(7-5-11-40-34)35-29-18-38(2,3)20-50-37(48)31-8-6-12-44(43-31)36(47)32(41-33(46)19-39-21-45)15-23-13-25(16-26(14-23)51-52)24-9-10-30(42-35)28(29)17-24/h5,7,9-11,13-14,16-17,21-22,31-32,39,42-43H,6,8,12,15,18-20,52H2,1-4H3,(H,41,46). The summed E-state index contributed by atoms with van der Waals surface area (Å²) in [6.45, 7) is 6.61. The fraction of sp³-hybridized carbons (Fsp3) is 0.395. The van der Waals surface area contributed by atoms with E-state index in [1.54, 1.807) is 13.3 Å². The molecule has 6 rings (SSSR count). The van der Waals surface area contributed by atoms with Crippen LogP contribution in [0.1, 0.15) is 56.5 Å². The molecule has 0 aliphatic carbocycles. The molecule has 4 heterocycles. The van der Waals surface area contributed by atoms with Crippen LogP contribution in [0.4, 0.5) is 0 Å². The number of hydrazine groups is 1. The van der Waals surface area contributed by atoms with Gasteiger partial charge in [-0.3, -0.25) is 24.4 Å². The van der Waals surface area contributed by atoms with Gasteiger partial charge in [0.05, 0.1) is 39.8 Å². The molecule has 272 valence electrons. The Morgan fingerprint density at radius 2 is 2.04 bits per heavy atom. The average Bonchev–Trinajstić information content (AvgIpc) is 3.51. The van der Waals surface area contributed by atoms with E-state index >= 15 is 0 Å². The molecule has 2 aliphatic heterocycles. The zero-order chi connectivity index (χ0) is 37.0. The Labute approximate surface area is 306 Å². The Hall–Kier alpha value is -4.58. The minimum atomic E-state index is -0.976. The summed E-state index contributed by atoms with van der Waals surface area (Å²) < 4.78 is 17.3. The highest BCUT2D eigenvalue weighted by atomic mass is 31.0. The summed E-state index contributed by atoms with van der Waals surface area (Å²) in [5.74, 6) is -0.688. The zero-order valence-electron chi connectivity index (χ0n) is 30.0. The minimum Gasteiger partial charge on any atom is -0.480 e. The number of aromatic nitrogens is 2. The van der Waals surface area contributed by atoms with Gasteiger partial charge in [-0.15, -0.1) is 0 Å². The second-order valence-corrected chi connectivity index (χ2v) is 14.6. The molecule has 4 aromatic rings. The van der Waals surface area contributed by atoms with E-state index in [-0.39, 0.29) is 38.6 Å². The number of aromatic amines is 1. The number of fused-ring (bicyclic) bond motifs is 6. The number of esters is 1. The van der Waals surface area contributed by atoms with Crippen LogP contribution in [-0.2, 0) is 41.5 Å².